The molecular weight excluding hydrogens is 384 g/mol. The molecular formula is C22H30N4O4. The van der Waals surface area contributed by atoms with Crippen LogP contribution >= 0.6 is 0 Å². The summed E-state index contributed by atoms with van der Waals surface area (Å²) >= 11 is 0. The first-order valence-electron chi connectivity index (χ1n) is 10.6. The summed E-state index contributed by atoms with van der Waals surface area (Å²) in [4.78, 5) is 42.7. The lowest BCUT2D eigenvalue weighted by Gasteiger charge is -2.34. The molecule has 1 spiro atoms. The molecule has 30 heavy (non-hydrogen) atoms. The molecule has 2 fully saturated rings. The first-order chi connectivity index (χ1) is 14.3. The number of fused-ring (bicyclic) bond motifs is 1. The van der Waals surface area contributed by atoms with Crippen LogP contribution in [0.2, 0.25) is 0 Å². The standard InChI is InChI=1S/C22H30N4O4/c1-25(2)20(28)17-12-26(21(29)18-5-4-10-23-18)13-22(17)9-8-14-6-7-15(30-3)11-16(14)19(27)24-22/h6-7,11,17-18,23H,4-5,8-10,12-13H2,1-3H3,(H,24,27)/t17-,18-,22+/m1/s1. The van der Waals surface area contributed by atoms with Crippen molar-refractivity contribution in [2.45, 2.75) is 37.3 Å². The highest BCUT2D eigenvalue weighted by Gasteiger charge is 2.54. The van der Waals surface area contributed by atoms with Crippen LogP contribution in [0, 0.1) is 5.92 Å². The van der Waals surface area contributed by atoms with E-state index < -0.39 is 11.5 Å². The molecule has 8 nitrogen and oxygen atoms in total. The lowest BCUT2D eigenvalue weighted by molar-refractivity contribution is -0.135. The number of likely N-dealkylation sites (tertiary alicyclic amines) is 1. The Morgan fingerprint density at radius 2 is 2.10 bits per heavy atom. The molecule has 0 bridgehead atoms. The second-order valence-electron chi connectivity index (χ2n) is 8.79. The Hall–Kier alpha value is -2.61. The van der Waals surface area contributed by atoms with Crippen molar-refractivity contribution in [1.82, 2.24) is 20.4 Å². The zero-order valence-corrected chi connectivity index (χ0v) is 17.9. The predicted octanol–water partition coefficient (Wildman–Crippen LogP) is 0.409. The van der Waals surface area contributed by atoms with Gasteiger partial charge in [0.05, 0.1) is 24.6 Å². The van der Waals surface area contributed by atoms with Gasteiger partial charge in [-0.25, -0.2) is 0 Å². The van der Waals surface area contributed by atoms with E-state index in [4.69, 9.17) is 4.74 Å². The quantitative estimate of drug-likeness (QED) is 0.748. The average Bonchev–Trinajstić information content (AvgIpc) is 3.37. The summed E-state index contributed by atoms with van der Waals surface area (Å²) in [6, 6.07) is 5.31. The molecule has 0 saturated carbocycles. The number of hydrogen-bond donors (Lipinski definition) is 2. The predicted molar refractivity (Wildman–Crippen MR) is 111 cm³/mol. The number of carbonyl (C=O) groups is 3. The zero-order chi connectivity index (χ0) is 21.5. The normalized spacial score (nSPS) is 28.1. The van der Waals surface area contributed by atoms with Crippen molar-refractivity contribution in [3.05, 3.63) is 29.3 Å². The Morgan fingerprint density at radius 3 is 2.77 bits per heavy atom. The Labute approximate surface area is 176 Å². The third kappa shape index (κ3) is 3.53. The van der Waals surface area contributed by atoms with Gasteiger partial charge in [0.25, 0.3) is 5.91 Å². The van der Waals surface area contributed by atoms with Crippen molar-refractivity contribution in [2.24, 2.45) is 5.92 Å². The number of nitrogens with one attached hydrogen (secondary N) is 2. The lowest BCUT2D eigenvalue weighted by atomic mass is 9.81. The van der Waals surface area contributed by atoms with Crippen molar-refractivity contribution >= 4 is 17.7 Å². The number of amides is 3. The SMILES string of the molecule is COc1ccc2c(c1)C(=O)N[C@@]1(CC2)CN(C(=O)[C@H]2CCCN2)C[C@@H]1C(=O)N(C)C. The monoisotopic (exact) mass is 414 g/mol. The molecule has 0 aliphatic carbocycles. The number of nitrogens with zero attached hydrogens (tertiary/aromatic N) is 2. The first-order valence-corrected chi connectivity index (χ1v) is 10.6. The van der Waals surface area contributed by atoms with Crippen LogP contribution in [0.5, 0.6) is 5.75 Å². The highest BCUT2D eigenvalue weighted by Crippen LogP contribution is 2.37. The van der Waals surface area contributed by atoms with Crippen LogP contribution in [0.25, 0.3) is 0 Å². The average molecular weight is 415 g/mol. The molecule has 1 aromatic carbocycles. The number of carbonyl (C=O) groups excluding carboxylic acids is 3. The molecule has 3 amide bonds. The van der Waals surface area contributed by atoms with E-state index in [0.29, 0.717) is 37.2 Å². The van der Waals surface area contributed by atoms with E-state index >= 15 is 0 Å². The Kier molecular flexibility index (Phi) is 5.44. The van der Waals surface area contributed by atoms with Crippen LogP contribution in [-0.2, 0) is 16.0 Å². The number of ether oxygens (including phenoxy) is 1. The number of aryl methyl sites for hydroxylation is 1. The minimum Gasteiger partial charge on any atom is -0.497 e. The van der Waals surface area contributed by atoms with Gasteiger partial charge in [0.2, 0.25) is 11.8 Å². The van der Waals surface area contributed by atoms with E-state index in [-0.39, 0.29) is 23.8 Å². The third-order valence-electron chi connectivity index (χ3n) is 6.72. The van der Waals surface area contributed by atoms with Gasteiger partial charge in [0.15, 0.2) is 0 Å². The maximum absolute atomic E-state index is 13.2. The highest BCUT2D eigenvalue weighted by molar-refractivity contribution is 5.98. The molecule has 2 N–H and O–H groups in total. The fourth-order valence-corrected chi connectivity index (χ4v) is 5.03. The third-order valence-corrected chi connectivity index (χ3v) is 6.72. The summed E-state index contributed by atoms with van der Waals surface area (Å²) in [5.41, 5.74) is 0.729. The van der Waals surface area contributed by atoms with Crippen LogP contribution in [0.15, 0.2) is 18.2 Å². The van der Waals surface area contributed by atoms with Crippen LogP contribution in [0.3, 0.4) is 0 Å². The fraction of sp³-hybridized carbons (Fsp3) is 0.591. The molecule has 3 aliphatic heterocycles. The van der Waals surface area contributed by atoms with Crippen molar-refractivity contribution in [3.8, 4) is 5.75 Å². The van der Waals surface area contributed by atoms with Crippen LogP contribution in [0.4, 0.5) is 0 Å². The van der Waals surface area contributed by atoms with E-state index in [9.17, 15) is 14.4 Å². The smallest absolute Gasteiger partial charge is 0.252 e. The minimum absolute atomic E-state index is 0.0265. The Morgan fingerprint density at radius 1 is 1.30 bits per heavy atom. The lowest BCUT2D eigenvalue weighted by Crippen LogP contribution is -2.57. The van der Waals surface area contributed by atoms with Crippen LogP contribution in [0.1, 0.15) is 35.2 Å². The molecule has 0 aromatic heterocycles. The summed E-state index contributed by atoms with van der Waals surface area (Å²) in [5, 5.41) is 6.42. The van der Waals surface area contributed by atoms with Crippen molar-refractivity contribution in [1.29, 1.82) is 0 Å². The highest BCUT2D eigenvalue weighted by atomic mass is 16.5. The summed E-state index contributed by atoms with van der Waals surface area (Å²) < 4.78 is 5.28. The molecule has 1 aromatic rings. The van der Waals surface area contributed by atoms with Gasteiger partial charge in [-0.2, -0.15) is 0 Å². The zero-order valence-electron chi connectivity index (χ0n) is 17.9. The number of hydrogen-bond acceptors (Lipinski definition) is 5. The topological polar surface area (TPSA) is 91.0 Å². The van der Waals surface area contributed by atoms with E-state index in [1.165, 1.54) is 0 Å². The van der Waals surface area contributed by atoms with Crippen molar-refractivity contribution in [3.63, 3.8) is 0 Å². The largest absolute Gasteiger partial charge is 0.497 e. The maximum Gasteiger partial charge on any atom is 0.252 e. The van der Waals surface area contributed by atoms with Gasteiger partial charge in [-0.05, 0) is 49.9 Å². The molecule has 8 heteroatoms. The number of methoxy groups -OCH3 is 1. The Bertz CT molecular complexity index is 865. The number of rotatable bonds is 3. The fourth-order valence-electron chi connectivity index (χ4n) is 5.03. The molecule has 0 radical (unpaired) electrons. The van der Waals surface area contributed by atoms with Crippen molar-refractivity contribution < 1.29 is 19.1 Å². The molecule has 2 saturated heterocycles. The van der Waals surface area contributed by atoms with E-state index in [1.807, 2.05) is 12.1 Å². The second kappa shape index (κ2) is 7.91. The van der Waals surface area contributed by atoms with Gasteiger partial charge >= 0.3 is 0 Å². The summed E-state index contributed by atoms with van der Waals surface area (Å²) in [5.74, 6) is -0.104. The second-order valence-corrected chi connectivity index (χ2v) is 8.79. The summed E-state index contributed by atoms with van der Waals surface area (Å²) in [7, 11) is 5.01. The Balaban J connectivity index is 1.65. The minimum atomic E-state index is -0.779. The maximum atomic E-state index is 13.2. The molecule has 162 valence electrons. The van der Waals surface area contributed by atoms with Gasteiger partial charge in [0.1, 0.15) is 5.75 Å². The number of benzene rings is 1. The van der Waals surface area contributed by atoms with Crippen LogP contribution < -0.4 is 15.4 Å². The molecule has 4 rings (SSSR count). The van der Waals surface area contributed by atoms with Gasteiger partial charge in [-0.3, -0.25) is 14.4 Å². The van der Waals surface area contributed by atoms with Crippen LogP contribution in [-0.4, -0.2) is 79.9 Å². The van der Waals surface area contributed by atoms with Gasteiger partial charge < -0.3 is 25.2 Å². The molecule has 3 heterocycles. The van der Waals surface area contributed by atoms with Gasteiger partial charge in [-0.15, -0.1) is 0 Å². The summed E-state index contributed by atoms with van der Waals surface area (Å²) in [6.45, 7) is 1.52. The van der Waals surface area contributed by atoms with Gasteiger partial charge in [-0.1, -0.05) is 6.07 Å². The van der Waals surface area contributed by atoms with E-state index in [0.717, 1.165) is 24.9 Å². The molecule has 3 aliphatic rings. The summed E-state index contributed by atoms with van der Waals surface area (Å²) in [6.07, 6.45) is 3.04. The van der Waals surface area contributed by atoms with Gasteiger partial charge in [0, 0.05) is 32.7 Å². The molecule has 3 atom stereocenters. The van der Waals surface area contributed by atoms with Crippen molar-refractivity contribution in [2.75, 3.05) is 40.8 Å². The molecule has 0 unspecified atom stereocenters. The van der Waals surface area contributed by atoms with E-state index in [2.05, 4.69) is 10.6 Å². The first kappa shape index (κ1) is 20.7. The van der Waals surface area contributed by atoms with E-state index in [1.54, 1.807) is 37.1 Å².